The van der Waals surface area contributed by atoms with Crippen molar-refractivity contribution in [2.45, 2.75) is 26.3 Å². The molecule has 0 saturated heterocycles. The Bertz CT molecular complexity index is 560. The lowest BCUT2D eigenvalue weighted by Gasteiger charge is -2.11. The van der Waals surface area contributed by atoms with E-state index in [1.165, 1.54) is 11.1 Å². The van der Waals surface area contributed by atoms with Gasteiger partial charge in [-0.2, -0.15) is 0 Å². The lowest BCUT2D eigenvalue weighted by atomic mass is 9.97. The average molecular weight is 244 g/mol. The number of benzene rings is 1. The fourth-order valence-corrected chi connectivity index (χ4v) is 1.90. The molecule has 0 fully saturated rings. The maximum absolute atomic E-state index is 10.9. The summed E-state index contributed by atoms with van der Waals surface area (Å²) < 4.78 is 1.63. The fraction of sp³-hybridized carbons (Fsp3) is 0.308. The zero-order chi connectivity index (χ0) is 13.1. The van der Waals surface area contributed by atoms with E-state index in [9.17, 15) is 4.79 Å². The largest absolute Gasteiger partial charge is 0.364 e. The minimum absolute atomic E-state index is 0.192. The molecule has 0 saturated carbocycles. The molecule has 0 atom stereocenters. The van der Waals surface area contributed by atoms with Gasteiger partial charge in [0, 0.05) is 0 Å². The van der Waals surface area contributed by atoms with Crippen LogP contribution in [0.25, 0.3) is 0 Å². The third kappa shape index (κ3) is 2.56. The molecular weight excluding hydrogens is 228 g/mol. The molecule has 0 spiro atoms. The second-order valence-corrected chi connectivity index (χ2v) is 4.52. The Morgan fingerprint density at radius 3 is 2.72 bits per heavy atom. The van der Waals surface area contributed by atoms with E-state index in [1.54, 1.807) is 10.9 Å². The van der Waals surface area contributed by atoms with Gasteiger partial charge < -0.3 is 5.73 Å². The number of rotatable bonds is 4. The first-order valence-corrected chi connectivity index (χ1v) is 5.85. The highest BCUT2D eigenvalue weighted by molar-refractivity contribution is 5.90. The summed E-state index contributed by atoms with van der Waals surface area (Å²) in [4.78, 5) is 10.9. The Morgan fingerprint density at radius 1 is 1.39 bits per heavy atom. The molecular formula is C13H16N4O. The van der Waals surface area contributed by atoms with E-state index in [0.717, 1.165) is 0 Å². The summed E-state index contributed by atoms with van der Waals surface area (Å²) in [5.41, 5.74) is 7.78. The molecule has 1 aromatic carbocycles. The quantitative estimate of drug-likeness (QED) is 0.886. The minimum Gasteiger partial charge on any atom is -0.364 e. The Balaban J connectivity index is 2.25. The summed E-state index contributed by atoms with van der Waals surface area (Å²) in [5, 5.41) is 7.62. The number of amides is 1. The summed E-state index contributed by atoms with van der Waals surface area (Å²) in [6.45, 7) is 4.89. The molecule has 2 N–H and O–H groups in total. The summed E-state index contributed by atoms with van der Waals surface area (Å²) in [7, 11) is 0. The number of nitrogens with two attached hydrogens (primary N) is 1. The highest BCUT2D eigenvalue weighted by Gasteiger charge is 2.09. The van der Waals surface area contributed by atoms with Crippen LogP contribution in [0.2, 0.25) is 0 Å². The van der Waals surface area contributed by atoms with Crippen LogP contribution in [0.15, 0.2) is 30.5 Å². The van der Waals surface area contributed by atoms with Crippen LogP contribution in [0.4, 0.5) is 0 Å². The van der Waals surface area contributed by atoms with Crippen molar-refractivity contribution in [1.82, 2.24) is 15.0 Å². The topological polar surface area (TPSA) is 73.8 Å². The molecule has 1 heterocycles. The van der Waals surface area contributed by atoms with E-state index >= 15 is 0 Å². The molecule has 1 aromatic heterocycles. The summed E-state index contributed by atoms with van der Waals surface area (Å²) in [5.74, 6) is -0.112. The van der Waals surface area contributed by atoms with Crippen LogP contribution in [0.5, 0.6) is 0 Å². The molecule has 0 aliphatic heterocycles. The van der Waals surface area contributed by atoms with Crippen LogP contribution in [0.1, 0.15) is 41.4 Å². The molecule has 0 aliphatic rings. The number of aromatic nitrogens is 3. The van der Waals surface area contributed by atoms with Gasteiger partial charge in [0.05, 0.1) is 12.7 Å². The first-order valence-electron chi connectivity index (χ1n) is 5.85. The summed E-state index contributed by atoms with van der Waals surface area (Å²) in [6, 6.07) is 8.18. The SMILES string of the molecule is CC(C)c1ccccc1Cn1cc(C(N)=O)nn1. The lowest BCUT2D eigenvalue weighted by Crippen LogP contribution is -2.11. The van der Waals surface area contributed by atoms with Gasteiger partial charge in [0.25, 0.3) is 5.91 Å². The molecule has 0 bridgehead atoms. The molecule has 2 rings (SSSR count). The van der Waals surface area contributed by atoms with Gasteiger partial charge in [0.15, 0.2) is 5.69 Å². The molecule has 18 heavy (non-hydrogen) atoms. The lowest BCUT2D eigenvalue weighted by molar-refractivity contribution is 0.0995. The van der Waals surface area contributed by atoms with Gasteiger partial charge in [0.1, 0.15) is 0 Å². The highest BCUT2D eigenvalue weighted by atomic mass is 16.1. The third-order valence-corrected chi connectivity index (χ3v) is 2.80. The number of carbonyl (C=O) groups excluding carboxylic acids is 1. The van der Waals surface area contributed by atoms with Crippen molar-refractivity contribution in [3.8, 4) is 0 Å². The zero-order valence-electron chi connectivity index (χ0n) is 10.5. The van der Waals surface area contributed by atoms with Gasteiger partial charge in [-0.05, 0) is 17.0 Å². The molecule has 0 aliphatic carbocycles. The zero-order valence-corrected chi connectivity index (χ0v) is 10.5. The van der Waals surface area contributed by atoms with Crippen LogP contribution >= 0.6 is 0 Å². The Kier molecular flexibility index (Phi) is 3.41. The second kappa shape index (κ2) is 5.00. The molecule has 5 heteroatoms. The van der Waals surface area contributed by atoms with Gasteiger partial charge in [0.2, 0.25) is 0 Å². The number of carbonyl (C=O) groups is 1. The molecule has 94 valence electrons. The van der Waals surface area contributed by atoms with Crippen molar-refractivity contribution >= 4 is 5.91 Å². The maximum atomic E-state index is 10.9. The average Bonchev–Trinajstić information content (AvgIpc) is 2.78. The standard InChI is InChI=1S/C13H16N4O/c1-9(2)11-6-4-3-5-10(11)7-17-8-12(13(14)18)15-16-17/h3-6,8-9H,7H2,1-2H3,(H2,14,18). The van der Waals surface area contributed by atoms with Gasteiger partial charge >= 0.3 is 0 Å². The molecule has 1 amide bonds. The smallest absolute Gasteiger partial charge is 0.270 e. The summed E-state index contributed by atoms with van der Waals surface area (Å²) >= 11 is 0. The van der Waals surface area contributed by atoms with E-state index in [4.69, 9.17) is 5.73 Å². The van der Waals surface area contributed by atoms with Crippen molar-refractivity contribution in [3.63, 3.8) is 0 Å². The third-order valence-electron chi connectivity index (χ3n) is 2.80. The Labute approximate surface area is 106 Å². The predicted molar refractivity (Wildman–Crippen MR) is 68.2 cm³/mol. The number of nitrogens with zero attached hydrogens (tertiary/aromatic N) is 3. The van der Waals surface area contributed by atoms with Crippen LogP contribution < -0.4 is 5.73 Å². The van der Waals surface area contributed by atoms with Crippen LogP contribution in [0.3, 0.4) is 0 Å². The minimum atomic E-state index is -0.557. The van der Waals surface area contributed by atoms with Gasteiger partial charge in [-0.3, -0.25) is 4.79 Å². The monoisotopic (exact) mass is 244 g/mol. The molecule has 5 nitrogen and oxygen atoms in total. The molecule has 0 radical (unpaired) electrons. The van der Waals surface area contributed by atoms with E-state index in [2.05, 4.69) is 36.3 Å². The van der Waals surface area contributed by atoms with Crippen molar-refractivity contribution < 1.29 is 4.79 Å². The number of hydrogen-bond acceptors (Lipinski definition) is 3. The molecule has 2 aromatic rings. The predicted octanol–water partition coefficient (Wildman–Crippen LogP) is 1.55. The van der Waals surface area contributed by atoms with E-state index in [1.807, 2.05) is 12.1 Å². The van der Waals surface area contributed by atoms with Crippen molar-refractivity contribution in [3.05, 3.63) is 47.3 Å². The molecule has 0 unspecified atom stereocenters. The van der Waals surface area contributed by atoms with Gasteiger partial charge in [-0.25, -0.2) is 4.68 Å². The normalized spacial score (nSPS) is 10.8. The van der Waals surface area contributed by atoms with Crippen molar-refractivity contribution in [1.29, 1.82) is 0 Å². The van der Waals surface area contributed by atoms with Crippen molar-refractivity contribution in [2.75, 3.05) is 0 Å². The van der Waals surface area contributed by atoms with Crippen LogP contribution in [-0.2, 0) is 6.54 Å². The van der Waals surface area contributed by atoms with Gasteiger partial charge in [-0.1, -0.05) is 43.3 Å². The Hall–Kier alpha value is -2.17. The Morgan fingerprint density at radius 2 is 2.11 bits per heavy atom. The van der Waals surface area contributed by atoms with Gasteiger partial charge in [-0.15, -0.1) is 5.10 Å². The van der Waals surface area contributed by atoms with E-state index in [0.29, 0.717) is 12.5 Å². The van der Waals surface area contributed by atoms with Crippen LogP contribution in [-0.4, -0.2) is 20.9 Å². The second-order valence-electron chi connectivity index (χ2n) is 4.52. The number of hydrogen-bond donors (Lipinski definition) is 1. The summed E-state index contributed by atoms with van der Waals surface area (Å²) in [6.07, 6.45) is 1.57. The van der Waals surface area contributed by atoms with Crippen LogP contribution in [0, 0.1) is 0 Å². The van der Waals surface area contributed by atoms with Crippen molar-refractivity contribution in [2.24, 2.45) is 5.73 Å². The fourth-order valence-electron chi connectivity index (χ4n) is 1.90. The first-order chi connectivity index (χ1) is 8.58. The van der Waals surface area contributed by atoms with E-state index < -0.39 is 5.91 Å². The number of primary amides is 1. The highest BCUT2D eigenvalue weighted by Crippen LogP contribution is 2.19. The van der Waals surface area contributed by atoms with E-state index in [-0.39, 0.29) is 5.69 Å². The maximum Gasteiger partial charge on any atom is 0.270 e. The first kappa shape index (κ1) is 12.3.